The zero-order valence-corrected chi connectivity index (χ0v) is 19.2. The van der Waals surface area contributed by atoms with Crippen LogP contribution in [0.3, 0.4) is 0 Å². The van der Waals surface area contributed by atoms with Crippen LogP contribution in [0.4, 0.5) is 0 Å². The lowest BCUT2D eigenvalue weighted by atomic mass is 10.1. The quantitative estimate of drug-likeness (QED) is 0.369. The third kappa shape index (κ3) is 6.95. The average Bonchev–Trinajstić information content (AvgIpc) is 3.08. The highest BCUT2D eigenvalue weighted by Gasteiger charge is 2.22. The molecule has 0 amide bonds. The molecule has 1 N–H and O–H groups in total. The van der Waals surface area contributed by atoms with Gasteiger partial charge in [-0.1, -0.05) is 18.2 Å². The molecule has 7 heteroatoms. The van der Waals surface area contributed by atoms with Gasteiger partial charge in [-0.3, -0.25) is 4.99 Å². The molecular weight excluding hydrogens is 471 g/mol. The van der Waals surface area contributed by atoms with Crippen molar-refractivity contribution in [2.45, 2.75) is 39.2 Å². The second kappa shape index (κ2) is 11.5. The fourth-order valence-electron chi connectivity index (χ4n) is 3.10. The van der Waals surface area contributed by atoms with Crippen molar-refractivity contribution in [3.63, 3.8) is 0 Å². The number of piperidine rings is 1. The Kier molecular flexibility index (Phi) is 9.33. The fraction of sp³-hybridized carbons (Fsp3) is 0.500. The second-order valence-electron chi connectivity index (χ2n) is 6.46. The van der Waals surface area contributed by atoms with Gasteiger partial charge in [0.25, 0.3) is 0 Å². The summed E-state index contributed by atoms with van der Waals surface area (Å²) in [5, 5.41) is 6.68. The van der Waals surface area contributed by atoms with Crippen LogP contribution in [0.15, 0.2) is 40.7 Å². The molecule has 1 aliphatic rings. The maximum atomic E-state index is 6.09. The van der Waals surface area contributed by atoms with Crippen molar-refractivity contribution in [2.24, 2.45) is 4.99 Å². The van der Waals surface area contributed by atoms with Crippen LogP contribution in [0.5, 0.6) is 5.75 Å². The Labute approximate surface area is 183 Å². The normalized spacial score (nSPS) is 15.3. The van der Waals surface area contributed by atoms with E-state index in [1.54, 1.807) is 11.3 Å². The van der Waals surface area contributed by atoms with Gasteiger partial charge in [-0.05, 0) is 26.0 Å². The van der Waals surface area contributed by atoms with Crippen molar-refractivity contribution in [2.75, 3.05) is 26.2 Å². The standard InChI is InChI=1S/C20H28N4OS.HI/c1-3-21-20(22-12-9-17-15-26-16(2)23-17)24-13-10-19(11-14-24)25-18-7-5-4-6-8-18;/h4-8,15,19H,3,9-14H2,1-2H3,(H,21,22);1H. The van der Waals surface area contributed by atoms with Crippen LogP contribution in [0.1, 0.15) is 30.5 Å². The molecule has 1 saturated heterocycles. The minimum atomic E-state index is 0. The monoisotopic (exact) mass is 500 g/mol. The van der Waals surface area contributed by atoms with Crippen LogP contribution < -0.4 is 10.1 Å². The number of hydrogen-bond acceptors (Lipinski definition) is 4. The van der Waals surface area contributed by atoms with Gasteiger partial charge in [-0.25, -0.2) is 4.98 Å². The van der Waals surface area contributed by atoms with E-state index in [0.717, 1.165) is 67.9 Å². The van der Waals surface area contributed by atoms with Gasteiger partial charge in [0.15, 0.2) is 5.96 Å². The van der Waals surface area contributed by atoms with Crippen LogP contribution in [-0.4, -0.2) is 48.1 Å². The SMILES string of the molecule is CCNC(=NCCc1csc(C)n1)N1CCC(Oc2ccccc2)CC1.I. The number of nitrogens with one attached hydrogen (secondary N) is 1. The Hall–Kier alpha value is -1.35. The topological polar surface area (TPSA) is 49.8 Å². The van der Waals surface area contributed by atoms with Gasteiger partial charge in [-0.15, -0.1) is 35.3 Å². The molecule has 0 radical (unpaired) electrons. The molecule has 2 heterocycles. The summed E-state index contributed by atoms with van der Waals surface area (Å²) in [6, 6.07) is 10.1. The molecule has 5 nitrogen and oxygen atoms in total. The molecule has 3 rings (SSSR count). The number of thiazole rings is 1. The first-order chi connectivity index (χ1) is 12.7. The van der Waals surface area contributed by atoms with Crippen LogP contribution in [0, 0.1) is 6.92 Å². The fourth-order valence-corrected chi connectivity index (χ4v) is 3.75. The van der Waals surface area contributed by atoms with E-state index in [2.05, 4.69) is 27.5 Å². The maximum Gasteiger partial charge on any atom is 0.193 e. The minimum absolute atomic E-state index is 0. The number of ether oxygens (including phenoxy) is 1. The Morgan fingerprint density at radius 2 is 2.04 bits per heavy atom. The summed E-state index contributed by atoms with van der Waals surface area (Å²) in [4.78, 5) is 11.7. The maximum absolute atomic E-state index is 6.09. The van der Waals surface area contributed by atoms with E-state index in [9.17, 15) is 0 Å². The number of guanidine groups is 1. The average molecular weight is 500 g/mol. The number of aliphatic imine (C=N–C) groups is 1. The van der Waals surface area contributed by atoms with Crippen molar-refractivity contribution in [1.82, 2.24) is 15.2 Å². The summed E-state index contributed by atoms with van der Waals surface area (Å²) in [6.45, 7) is 7.76. The number of hydrogen-bond donors (Lipinski definition) is 1. The third-order valence-corrected chi connectivity index (χ3v) is 5.24. The van der Waals surface area contributed by atoms with Crippen LogP contribution in [-0.2, 0) is 6.42 Å². The molecule has 1 aromatic heterocycles. The van der Waals surface area contributed by atoms with Crippen LogP contribution in [0.25, 0.3) is 0 Å². The lowest BCUT2D eigenvalue weighted by Crippen LogP contribution is -2.47. The van der Waals surface area contributed by atoms with Crippen LogP contribution >= 0.6 is 35.3 Å². The highest BCUT2D eigenvalue weighted by molar-refractivity contribution is 14.0. The number of aromatic nitrogens is 1. The van der Waals surface area contributed by atoms with Gasteiger partial charge >= 0.3 is 0 Å². The highest BCUT2D eigenvalue weighted by Crippen LogP contribution is 2.18. The third-order valence-electron chi connectivity index (χ3n) is 4.42. The minimum Gasteiger partial charge on any atom is -0.490 e. The number of aryl methyl sites for hydroxylation is 1. The van der Waals surface area contributed by atoms with Crippen molar-refractivity contribution < 1.29 is 4.74 Å². The van der Waals surface area contributed by atoms with E-state index < -0.39 is 0 Å². The summed E-state index contributed by atoms with van der Waals surface area (Å²) in [5.41, 5.74) is 1.14. The molecular formula is C20H29IN4OS. The molecule has 0 saturated carbocycles. The predicted octanol–water partition coefficient (Wildman–Crippen LogP) is 4.12. The highest BCUT2D eigenvalue weighted by atomic mass is 127. The zero-order chi connectivity index (χ0) is 18.2. The molecule has 0 bridgehead atoms. The van der Waals surface area contributed by atoms with Gasteiger partial charge in [0, 0.05) is 50.8 Å². The van der Waals surface area contributed by atoms with Gasteiger partial charge in [0.1, 0.15) is 11.9 Å². The van der Waals surface area contributed by atoms with Crippen molar-refractivity contribution in [1.29, 1.82) is 0 Å². The van der Waals surface area contributed by atoms with Crippen molar-refractivity contribution in [3.05, 3.63) is 46.4 Å². The lowest BCUT2D eigenvalue weighted by molar-refractivity contribution is 0.129. The zero-order valence-electron chi connectivity index (χ0n) is 16.1. The van der Waals surface area contributed by atoms with Gasteiger partial charge in [0.2, 0.25) is 0 Å². The Morgan fingerprint density at radius 3 is 2.67 bits per heavy atom. The summed E-state index contributed by atoms with van der Waals surface area (Å²) in [6.07, 6.45) is 3.22. The van der Waals surface area contributed by atoms with E-state index in [0.29, 0.717) is 0 Å². The molecule has 1 aliphatic heterocycles. The summed E-state index contributed by atoms with van der Waals surface area (Å²) in [7, 11) is 0. The lowest BCUT2D eigenvalue weighted by Gasteiger charge is -2.34. The Morgan fingerprint density at radius 1 is 1.30 bits per heavy atom. The largest absolute Gasteiger partial charge is 0.490 e. The molecule has 0 atom stereocenters. The molecule has 0 unspecified atom stereocenters. The van der Waals surface area contributed by atoms with Gasteiger partial charge in [0.05, 0.1) is 10.7 Å². The summed E-state index contributed by atoms with van der Waals surface area (Å²) < 4.78 is 6.09. The number of rotatable bonds is 6. The molecule has 0 spiro atoms. The number of nitrogens with zero attached hydrogens (tertiary/aromatic N) is 3. The van der Waals surface area contributed by atoms with E-state index in [1.165, 1.54) is 0 Å². The molecule has 27 heavy (non-hydrogen) atoms. The van der Waals surface area contributed by atoms with Crippen molar-refractivity contribution in [3.8, 4) is 5.75 Å². The van der Waals surface area contributed by atoms with E-state index >= 15 is 0 Å². The van der Waals surface area contributed by atoms with Gasteiger partial charge < -0.3 is 15.0 Å². The first-order valence-electron chi connectivity index (χ1n) is 9.40. The van der Waals surface area contributed by atoms with E-state index in [-0.39, 0.29) is 30.1 Å². The molecule has 2 aromatic rings. The number of likely N-dealkylation sites (tertiary alicyclic amines) is 1. The number of para-hydroxylation sites is 1. The Bertz CT molecular complexity index is 699. The Balaban J connectivity index is 0.00000261. The van der Waals surface area contributed by atoms with Gasteiger partial charge in [-0.2, -0.15) is 0 Å². The van der Waals surface area contributed by atoms with Crippen molar-refractivity contribution >= 4 is 41.3 Å². The first kappa shape index (κ1) is 21.9. The molecule has 1 aromatic carbocycles. The number of halogens is 1. The first-order valence-corrected chi connectivity index (χ1v) is 10.3. The molecule has 1 fully saturated rings. The van der Waals surface area contributed by atoms with E-state index in [4.69, 9.17) is 9.73 Å². The smallest absolute Gasteiger partial charge is 0.193 e. The molecule has 0 aliphatic carbocycles. The second-order valence-corrected chi connectivity index (χ2v) is 7.52. The van der Waals surface area contributed by atoms with E-state index in [1.807, 2.05) is 37.3 Å². The summed E-state index contributed by atoms with van der Waals surface area (Å²) in [5.74, 6) is 1.97. The molecule has 148 valence electrons. The predicted molar refractivity (Wildman–Crippen MR) is 124 cm³/mol. The van der Waals surface area contributed by atoms with Crippen LogP contribution in [0.2, 0.25) is 0 Å². The summed E-state index contributed by atoms with van der Waals surface area (Å²) >= 11 is 1.70. The number of benzene rings is 1.